The number of anilines is 1. The van der Waals surface area contributed by atoms with Crippen molar-refractivity contribution >= 4 is 16.6 Å². The third-order valence-electron chi connectivity index (χ3n) is 4.42. The molecule has 0 amide bonds. The number of pyridine rings is 1. The summed E-state index contributed by atoms with van der Waals surface area (Å²) >= 11 is 0. The Kier molecular flexibility index (Phi) is 5.50. The third-order valence-corrected chi connectivity index (χ3v) is 4.42. The molecule has 1 aliphatic rings. The molecule has 0 unspecified atom stereocenters. The van der Waals surface area contributed by atoms with Crippen molar-refractivity contribution in [3.8, 4) is 24.2 Å². The average molecular weight is 356 g/mol. The van der Waals surface area contributed by atoms with E-state index in [1.807, 2.05) is 0 Å². The number of hydrogen-bond acceptors (Lipinski definition) is 5. The lowest BCUT2D eigenvalue weighted by atomic mass is 10.1. The van der Waals surface area contributed by atoms with Gasteiger partial charge < -0.3 is 9.64 Å². The summed E-state index contributed by atoms with van der Waals surface area (Å²) in [6.07, 6.45) is 7.55. The molecular weight excluding hydrogens is 338 g/mol. The lowest BCUT2D eigenvalue weighted by Gasteiger charge is -2.36. The molecule has 1 aromatic heterocycles. The minimum atomic E-state index is -2.90. The number of fused-ring (bicyclic) bond motifs is 1. The summed E-state index contributed by atoms with van der Waals surface area (Å²) in [4.78, 5) is 8.63. The zero-order chi connectivity index (χ0) is 18.5. The van der Waals surface area contributed by atoms with Crippen molar-refractivity contribution in [2.24, 2.45) is 0 Å². The van der Waals surface area contributed by atoms with Crippen LogP contribution in [0, 0.1) is 23.7 Å². The zero-order valence-corrected chi connectivity index (χ0v) is 14.2. The van der Waals surface area contributed by atoms with E-state index in [9.17, 15) is 14.0 Å². The molecule has 2 aromatic rings. The molecule has 0 atom stereocenters. The van der Waals surface area contributed by atoms with Crippen molar-refractivity contribution in [3.05, 3.63) is 30.0 Å². The fraction of sp³-hybridized carbons (Fsp3) is 0.368. The Morgan fingerprint density at radius 2 is 2.04 bits per heavy atom. The lowest BCUT2D eigenvalue weighted by Crippen LogP contribution is -2.46. The monoisotopic (exact) mass is 356 g/mol. The molecule has 3 rings (SSSR count). The number of ether oxygens (including phenoxy) is 1. The molecule has 0 radical (unpaired) electrons. The van der Waals surface area contributed by atoms with E-state index >= 15 is 0 Å². The minimum absolute atomic E-state index is 0.0540. The highest BCUT2D eigenvalue weighted by molar-refractivity contribution is 5.95. The van der Waals surface area contributed by atoms with E-state index in [1.165, 1.54) is 18.3 Å². The third kappa shape index (κ3) is 3.84. The molecule has 7 heteroatoms. The molecule has 0 N–H and O–H groups in total. The van der Waals surface area contributed by atoms with Gasteiger partial charge in [0.05, 0.1) is 16.8 Å². The summed E-state index contributed by atoms with van der Waals surface area (Å²) in [6.45, 7) is 1.03. The van der Waals surface area contributed by atoms with Gasteiger partial charge >= 0.3 is 6.61 Å². The van der Waals surface area contributed by atoms with Crippen molar-refractivity contribution < 1.29 is 13.5 Å². The smallest absolute Gasteiger partial charge is 0.387 e. The fourth-order valence-corrected chi connectivity index (χ4v) is 3.17. The second kappa shape index (κ2) is 7.99. The predicted octanol–water partition coefficient (Wildman–Crippen LogP) is 2.85. The Balaban J connectivity index is 1.93. The summed E-state index contributed by atoms with van der Waals surface area (Å²) in [6, 6.07) is 6.76. The molecule has 1 aromatic carbocycles. The summed E-state index contributed by atoms with van der Waals surface area (Å²) in [5.74, 6) is 2.69. The maximum atomic E-state index is 12.5. The van der Waals surface area contributed by atoms with E-state index in [2.05, 4.69) is 31.5 Å². The van der Waals surface area contributed by atoms with E-state index in [0.717, 1.165) is 32.7 Å². The van der Waals surface area contributed by atoms with Crippen molar-refractivity contribution in [3.63, 3.8) is 0 Å². The average Bonchev–Trinajstić information content (AvgIpc) is 2.65. The normalized spacial score (nSPS) is 15.0. The van der Waals surface area contributed by atoms with Crippen LogP contribution in [0.1, 0.15) is 12.0 Å². The van der Waals surface area contributed by atoms with Crippen LogP contribution >= 0.6 is 0 Å². The van der Waals surface area contributed by atoms with Gasteiger partial charge in [-0.15, -0.1) is 12.3 Å². The first-order valence-corrected chi connectivity index (χ1v) is 8.31. The molecule has 0 spiro atoms. The summed E-state index contributed by atoms with van der Waals surface area (Å²) in [5, 5.41) is 10.1. The zero-order valence-electron chi connectivity index (χ0n) is 14.2. The molecule has 134 valence electrons. The Morgan fingerprint density at radius 1 is 1.27 bits per heavy atom. The van der Waals surface area contributed by atoms with Crippen LogP contribution in [0.5, 0.6) is 5.75 Å². The second-order valence-electron chi connectivity index (χ2n) is 5.97. The van der Waals surface area contributed by atoms with Crippen molar-refractivity contribution in [2.45, 2.75) is 13.0 Å². The molecule has 0 bridgehead atoms. The highest BCUT2D eigenvalue weighted by Crippen LogP contribution is 2.33. The predicted molar refractivity (Wildman–Crippen MR) is 95.2 cm³/mol. The molecule has 2 heterocycles. The largest absolute Gasteiger partial charge is 0.435 e. The van der Waals surface area contributed by atoms with Gasteiger partial charge in [-0.3, -0.25) is 9.88 Å². The first kappa shape index (κ1) is 17.9. The lowest BCUT2D eigenvalue weighted by molar-refractivity contribution is -0.0497. The van der Waals surface area contributed by atoms with E-state index in [1.54, 1.807) is 6.07 Å². The van der Waals surface area contributed by atoms with Gasteiger partial charge in [-0.2, -0.15) is 14.0 Å². The van der Waals surface area contributed by atoms with Gasteiger partial charge in [0.25, 0.3) is 0 Å². The van der Waals surface area contributed by atoms with Gasteiger partial charge in [-0.05, 0) is 18.2 Å². The molecule has 0 saturated carbocycles. The van der Waals surface area contributed by atoms with Crippen LogP contribution in [0.2, 0.25) is 0 Å². The number of terminal acetylenes is 1. The van der Waals surface area contributed by atoms with Gasteiger partial charge in [-0.1, -0.05) is 0 Å². The molecular formula is C19H18F2N4O. The highest BCUT2D eigenvalue weighted by atomic mass is 19.3. The van der Waals surface area contributed by atoms with Crippen LogP contribution in [0.15, 0.2) is 24.4 Å². The van der Waals surface area contributed by atoms with Gasteiger partial charge in [0.2, 0.25) is 0 Å². The Labute approximate surface area is 150 Å². The van der Waals surface area contributed by atoms with Crippen LogP contribution in [-0.4, -0.2) is 49.2 Å². The number of alkyl halides is 2. The molecule has 1 aliphatic heterocycles. The molecule has 1 fully saturated rings. The van der Waals surface area contributed by atoms with E-state index < -0.39 is 6.61 Å². The molecule has 0 aliphatic carbocycles. The Hall–Kier alpha value is -2.90. The number of halogens is 2. The number of rotatable bonds is 5. The van der Waals surface area contributed by atoms with Gasteiger partial charge in [0.1, 0.15) is 11.8 Å². The van der Waals surface area contributed by atoms with Crippen LogP contribution in [0.3, 0.4) is 0 Å². The van der Waals surface area contributed by atoms with Crippen molar-refractivity contribution in [2.75, 3.05) is 37.6 Å². The maximum absolute atomic E-state index is 12.5. The summed E-state index contributed by atoms with van der Waals surface area (Å²) < 4.78 is 29.6. The van der Waals surface area contributed by atoms with Crippen LogP contribution in [0.4, 0.5) is 14.5 Å². The number of piperazine rings is 1. The first-order valence-electron chi connectivity index (χ1n) is 8.31. The molecule has 5 nitrogen and oxygen atoms in total. The van der Waals surface area contributed by atoms with Gasteiger partial charge in [0, 0.05) is 50.7 Å². The highest BCUT2D eigenvalue weighted by Gasteiger charge is 2.22. The Bertz CT molecular complexity index is 864. The van der Waals surface area contributed by atoms with Crippen LogP contribution in [0.25, 0.3) is 10.9 Å². The minimum Gasteiger partial charge on any atom is -0.435 e. The number of aromatic nitrogens is 1. The number of hydrogen-bond donors (Lipinski definition) is 0. The van der Waals surface area contributed by atoms with Crippen molar-refractivity contribution in [1.82, 2.24) is 9.88 Å². The van der Waals surface area contributed by atoms with E-state index in [-0.39, 0.29) is 5.75 Å². The van der Waals surface area contributed by atoms with Gasteiger partial charge in [-0.25, -0.2) is 0 Å². The fourth-order valence-electron chi connectivity index (χ4n) is 3.17. The summed E-state index contributed by atoms with van der Waals surface area (Å²) in [7, 11) is 0. The number of benzene rings is 1. The van der Waals surface area contributed by atoms with E-state index in [0.29, 0.717) is 28.6 Å². The quantitative estimate of drug-likeness (QED) is 0.771. The Morgan fingerprint density at radius 3 is 2.69 bits per heavy atom. The SMILES string of the molecule is C#CCCN1CCN(c2c(C#N)cnc3ccc(OC(F)F)cc23)CC1. The topological polar surface area (TPSA) is 52.4 Å². The van der Waals surface area contributed by atoms with E-state index in [4.69, 9.17) is 6.42 Å². The van der Waals surface area contributed by atoms with Crippen LogP contribution < -0.4 is 9.64 Å². The molecule has 1 saturated heterocycles. The van der Waals surface area contributed by atoms with Crippen LogP contribution in [-0.2, 0) is 0 Å². The van der Waals surface area contributed by atoms with Crippen molar-refractivity contribution in [1.29, 1.82) is 5.26 Å². The second-order valence-corrected chi connectivity index (χ2v) is 5.97. The number of nitrogens with zero attached hydrogens (tertiary/aromatic N) is 4. The molecule has 26 heavy (non-hydrogen) atoms. The standard InChI is InChI=1S/C19H18F2N4O/c1-2-3-6-24-7-9-25(10-8-24)18-14(12-22)13-23-17-5-4-15(11-16(17)18)26-19(20)21/h1,4-5,11,13,19H,3,6-10H2. The summed E-state index contributed by atoms with van der Waals surface area (Å²) in [5.41, 5.74) is 1.77. The number of nitriles is 1. The maximum Gasteiger partial charge on any atom is 0.387 e. The first-order chi connectivity index (χ1) is 12.6. The van der Waals surface area contributed by atoms with Gasteiger partial charge in [0.15, 0.2) is 0 Å².